The zero-order valence-electron chi connectivity index (χ0n) is 9.08. The number of hydrogen-bond donors (Lipinski definition) is 0. The average Bonchev–Trinajstić information content (AvgIpc) is 2.29. The minimum absolute atomic E-state index is 0.194. The van der Waals surface area contributed by atoms with E-state index >= 15 is 0 Å². The maximum absolute atomic E-state index is 11.3. The summed E-state index contributed by atoms with van der Waals surface area (Å²) in [6, 6.07) is 10.0. The Labute approximate surface area is 96.2 Å². The summed E-state index contributed by atoms with van der Waals surface area (Å²) in [5.74, 6) is 0.194. The van der Waals surface area contributed by atoms with E-state index < -0.39 is 15.1 Å². The molecule has 1 aliphatic rings. The maximum Gasteiger partial charge on any atom is 0.157 e. The highest BCUT2D eigenvalue weighted by atomic mass is 32.2. The van der Waals surface area contributed by atoms with Crippen LogP contribution in [-0.4, -0.2) is 19.9 Å². The van der Waals surface area contributed by atoms with Crippen LogP contribution in [0.5, 0.6) is 0 Å². The van der Waals surface area contributed by atoms with Gasteiger partial charge in [-0.2, -0.15) is 0 Å². The lowest BCUT2D eigenvalue weighted by molar-refractivity contribution is 0.599. The Kier molecular flexibility index (Phi) is 2.97. The molecule has 1 aromatic rings. The Morgan fingerprint density at radius 2 is 1.50 bits per heavy atom. The monoisotopic (exact) mass is 234 g/mol. The standard InChI is InChI=1S/C13H14O2S/c1-16(14,15)13-9-7-12(8-10-13)11-5-3-2-4-6-11/h2-10,12-13H,1H3. The van der Waals surface area contributed by atoms with Crippen LogP contribution in [0.3, 0.4) is 0 Å². The molecule has 2 nitrogen and oxygen atoms in total. The second-order valence-corrected chi connectivity index (χ2v) is 6.20. The van der Waals surface area contributed by atoms with Crippen LogP contribution in [0.25, 0.3) is 0 Å². The molecule has 0 amide bonds. The van der Waals surface area contributed by atoms with Crippen molar-refractivity contribution in [3.63, 3.8) is 0 Å². The van der Waals surface area contributed by atoms with Gasteiger partial charge < -0.3 is 0 Å². The molecule has 0 aromatic heterocycles. The molecular weight excluding hydrogens is 220 g/mol. The van der Waals surface area contributed by atoms with Crippen LogP contribution in [0.2, 0.25) is 0 Å². The first-order chi connectivity index (χ1) is 7.57. The van der Waals surface area contributed by atoms with Crippen molar-refractivity contribution in [3.8, 4) is 0 Å². The summed E-state index contributed by atoms with van der Waals surface area (Å²) in [6.45, 7) is 0. The summed E-state index contributed by atoms with van der Waals surface area (Å²) in [7, 11) is -3.01. The number of sulfone groups is 1. The molecule has 16 heavy (non-hydrogen) atoms. The van der Waals surface area contributed by atoms with Gasteiger partial charge in [0.15, 0.2) is 9.84 Å². The molecule has 84 valence electrons. The van der Waals surface area contributed by atoms with Gasteiger partial charge in [0, 0.05) is 12.2 Å². The highest BCUT2D eigenvalue weighted by Gasteiger charge is 2.18. The van der Waals surface area contributed by atoms with Crippen LogP contribution in [0.15, 0.2) is 54.6 Å². The van der Waals surface area contributed by atoms with E-state index in [2.05, 4.69) is 0 Å². The summed E-state index contributed by atoms with van der Waals surface area (Å²) < 4.78 is 22.7. The van der Waals surface area contributed by atoms with Gasteiger partial charge in [-0.1, -0.05) is 54.6 Å². The van der Waals surface area contributed by atoms with E-state index in [0.717, 1.165) is 0 Å². The molecule has 3 heteroatoms. The third kappa shape index (κ3) is 2.42. The molecular formula is C13H14O2S. The van der Waals surface area contributed by atoms with Gasteiger partial charge in [-0.05, 0) is 5.56 Å². The molecule has 0 N–H and O–H groups in total. The Morgan fingerprint density at radius 1 is 0.938 bits per heavy atom. The van der Waals surface area contributed by atoms with Crippen molar-refractivity contribution in [2.75, 3.05) is 6.26 Å². The smallest absolute Gasteiger partial charge is 0.157 e. The molecule has 0 spiro atoms. The molecule has 0 saturated carbocycles. The summed E-state index contributed by atoms with van der Waals surface area (Å²) in [5, 5.41) is -0.465. The van der Waals surface area contributed by atoms with Crippen LogP contribution in [0.1, 0.15) is 11.5 Å². The van der Waals surface area contributed by atoms with Crippen molar-refractivity contribution >= 4 is 9.84 Å². The topological polar surface area (TPSA) is 34.1 Å². The Balaban J connectivity index is 2.19. The molecule has 0 fully saturated rings. The van der Waals surface area contributed by atoms with Gasteiger partial charge in [0.25, 0.3) is 0 Å². The first-order valence-electron chi connectivity index (χ1n) is 5.18. The van der Waals surface area contributed by atoms with Gasteiger partial charge in [-0.3, -0.25) is 0 Å². The fraction of sp³-hybridized carbons (Fsp3) is 0.231. The summed E-state index contributed by atoms with van der Waals surface area (Å²) in [4.78, 5) is 0. The third-order valence-electron chi connectivity index (χ3n) is 2.70. The van der Waals surface area contributed by atoms with Crippen molar-refractivity contribution in [2.45, 2.75) is 11.2 Å². The molecule has 0 bridgehead atoms. The van der Waals surface area contributed by atoms with Crippen molar-refractivity contribution < 1.29 is 8.42 Å². The van der Waals surface area contributed by atoms with Crippen molar-refractivity contribution in [2.24, 2.45) is 0 Å². The quantitative estimate of drug-likeness (QED) is 0.736. The minimum atomic E-state index is -3.01. The highest BCUT2D eigenvalue weighted by molar-refractivity contribution is 7.91. The van der Waals surface area contributed by atoms with Crippen LogP contribution in [-0.2, 0) is 9.84 Å². The highest BCUT2D eigenvalue weighted by Crippen LogP contribution is 2.24. The Morgan fingerprint density at radius 3 is 2.00 bits per heavy atom. The zero-order valence-corrected chi connectivity index (χ0v) is 9.89. The molecule has 0 saturated heterocycles. The van der Waals surface area contributed by atoms with Crippen molar-refractivity contribution in [1.29, 1.82) is 0 Å². The van der Waals surface area contributed by atoms with E-state index in [4.69, 9.17) is 0 Å². The molecule has 0 heterocycles. The molecule has 0 unspecified atom stereocenters. The van der Waals surface area contributed by atoms with Crippen LogP contribution >= 0.6 is 0 Å². The predicted octanol–water partition coefficient (Wildman–Crippen LogP) is 2.31. The minimum Gasteiger partial charge on any atom is -0.228 e. The number of rotatable bonds is 2. The van der Waals surface area contributed by atoms with E-state index in [1.54, 1.807) is 12.2 Å². The Hall–Kier alpha value is -1.35. The average molecular weight is 234 g/mol. The molecule has 1 aromatic carbocycles. The van der Waals surface area contributed by atoms with Gasteiger partial charge in [-0.25, -0.2) is 8.42 Å². The van der Waals surface area contributed by atoms with Crippen LogP contribution in [0.4, 0.5) is 0 Å². The SMILES string of the molecule is CS(=O)(=O)C1C=CC(c2ccccc2)C=C1. The van der Waals surface area contributed by atoms with Gasteiger partial charge in [0.1, 0.15) is 0 Å². The first kappa shape index (κ1) is 11.1. The summed E-state index contributed by atoms with van der Waals surface area (Å²) >= 11 is 0. The summed E-state index contributed by atoms with van der Waals surface area (Å²) in [5.41, 5.74) is 1.18. The second kappa shape index (κ2) is 4.26. The lowest BCUT2D eigenvalue weighted by Gasteiger charge is -2.15. The molecule has 0 atom stereocenters. The molecule has 0 radical (unpaired) electrons. The van der Waals surface area contributed by atoms with E-state index in [1.807, 2.05) is 42.5 Å². The second-order valence-electron chi connectivity index (χ2n) is 4.00. The molecule has 0 aliphatic heterocycles. The first-order valence-corrected chi connectivity index (χ1v) is 7.13. The largest absolute Gasteiger partial charge is 0.228 e. The van der Waals surface area contributed by atoms with Crippen LogP contribution < -0.4 is 0 Å². The van der Waals surface area contributed by atoms with Gasteiger partial charge in [0.05, 0.1) is 5.25 Å². The lowest BCUT2D eigenvalue weighted by Crippen LogP contribution is -2.17. The van der Waals surface area contributed by atoms with Gasteiger partial charge >= 0.3 is 0 Å². The fourth-order valence-electron chi connectivity index (χ4n) is 1.77. The van der Waals surface area contributed by atoms with E-state index in [9.17, 15) is 8.42 Å². The normalized spacial score (nSPS) is 24.6. The van der Waals surface area contributed by atoms with E-state index in [0.29, 0.717) is 0 Å². The Bertz CT molecular complexity index is 498. The lowest BCUT2D eigenvalue weighted by atomic mass is 9.95. The third-order valence-corrected chi connectivity index (χ3v) is 4.00. The number of hydrogen-bond acceptors (Lipinski definition) is 2. The molecule has 1 aliphatic carbocycles. The van der Waals surface area contributed by atoms with Gasteiger partial charge in [0.2, 0.25) is 0 Å². The van der Waals surface area contributed by atoms with E-state index in [1.165, 1.54) is 11.8 Å². The van der Waals surface area contributed by atoms with E-state index in [-0.39, 0.29) is 5.92 Å². The van der Waals surface area contributed by atoms with Gasteiger partial charge in [-0.15, -0.1) is 0 Å². The number of benzene rings is 1. The number of allylic oxidation sites excluding steroid dienone is 2. The van der Waals surface area contributed by atoms with Crippen molar-refractivity contribution in [1.82, 2.24) is 0 Å². The maximum atomic E-state index is 11.3. The molecule has 2 rings (SSSR count). The predicted molar refractivity (Wildman–Crippen MR) is 66.1 cm³/mol. The van der Waals surface area contributed by atoms with Crippen LogP contribution in [0, 0.1) is 0 Å². The zero-order chi connectivity index (χ0) is 11.6. The fourth-order valence-corrected chi connectivity index (χ4v) is 2.52. The van der Waals surface area contributed by atoms with Crippen molar-refractivity contribution in [3.05, 3.63) is 60.2 Å². The summed E-state index contributed by atoms with van der Waals surface area (Å²) in [6.07, 6.45) is 8.66.